The maximum Gasteiger partial charge on any atom is 0.188 e. The third kappa shape index (κ3) is 3.77. The van der Waals surface area contributed by atoms with E-state index in [-0.39, 0.29) is 0 Å². The van der Waals surface area contributed by atoms with Crippen LogP contribution in [0.5, 0.6) is 0 Å². The Morgan fingerprint density at radius 2 is 2.33 bits per heavy atom. The molecule has 1 saturated carbocycles. The van der Waals surface area contributed by atoms with Crippen LogP contribution in [0.4, 0.5) is 0 Å². The topological polar surface area (TPSA) is 53.6 Å². The summed E-state index contributed by atoms with van der Waals surface area (Å²) in [6.45, 7) is 5.24. The average molecular weight is 306 g/mol. The number of aliphatic imine (C=N–C) groups is 1. The normalized spacial score (nSPS) is 22.2. The van der Waals surface area contributed by atoms with Crippen LogP contribution < -0.4 is 11.1 Å². The molecular formula is C16H26N4S. The Kier molecular flexibility index (Phi) is 4.80. The molecule has 1 aliphatic heterocycles. The second-order valence-electron chi connectivity index (χ2n) is 6.29. The molecule has 21 heavy (non-hydrogen) atoms. The van der Waals surface area contributed by atoms with Crippen LogP contribution in [0, 0.1) is 0 Å². The number of fused-ring (bicyclic) bond motifs is 1. The number of hydrogen-bond donors (Lipinski definition) is 2. The van der Waals surface area contributed by atoms with Crippen molar-refractivity contribution in [1.29, 1.82) is 0 Å². The van der Waals surface area contributed by atoms with Crippen LogP contribution in [0.2, 0.25) is 0 Å². The van der Waals surface area contributed by atoms with Crippen molar-refractivity contribution in [2.75, 3.05) is 13.1 Å². The molecule has 1 fully saturated rings. The highest BCUT2D eigenvalue weighted by Gasteiger charge is 2.21. The van der Waals surface area contributed by atoms with Gasteiger partial charge in [0.25, 0.3) is 0 Å². The van der Waals surface area contributed by atoms with Crippen LogP contribution >= 0.6 is 11.3 Å². The smallest absolute Gasteiger partial charge is 0.188 e. The fourth-order valence-corrected chi connectivity index (χ4v) is 4.21. The molecule has 3 rings (SSSR count). The predicted molar refractivity (Wildman–Crippen MR) is 89.8 cm³/mol. The summed E-state index contributed by atoms with van der Waals surface area (Å²) in [5.41, 5.74) is 7.51. The van der Waals surface area contributed by atoms with Crippen molar-refractivity contribution in [1.82, 2.24) is 10.2 Å². The Morgan fingerprint density at radius 1 is 1.52 bits per heavy atom. The lowest BCUT2D eigenvalue weighted by molar-refractivity contribution is 0.197. The van der Waals surface area contributed by atoms with Gasteiger partial charge in [-0.2, -0.15) is 0 Å². The van der Waals surface area contributed by atoms with Crippen LogP contribution in [0.1, 0.15) is 43.0 Å². The zero-order chi connectivity index (χ0) is 14.7. The van der Waals surface area contributed by atoms with Crippen molar-refractivity contribution in [3.05, 3.63) is 21.9 Å². The second-order valence-corrected chi connectivity index (χ2v) is 7.29. The van der Waals surface area contributed by atoms with Gasteiger partial charge in [-0.25, -0.2) is 0 Å². The summed E-state index contributed by atoms with van der Waals surface area (Å²) >= 11 is 1.89. The highest BCUT2D eigenvalue weighted by molar-refractivity contribution is 7.10. The van der Waals surface area contributed by atoms with Crippen molar-refractivity contribution in [3.63, 3.8) is 0 Å². The predicted octanol–water partition coefficient (Wildman–Crippen LogP) is 2.34. The molecule has 0 radical (unpaired) electrons. The van der Waals surface area contributed by atoms with Gasteiger partial charge in [-0.05, 0) is 43.2 Å². The SMILES string of the molecule is CC(CN=C(N)NC1CCCC1)N1CCc2sccc2C1. The minimum atomic E-state index is 0.446. The maximum absolute atomic E-state index is 6.01. The van der Waals surface area contributed by atoms with Crippen LogP contribution in [-0.4, -0.2) is 36.0 Å². The van der Waals surface area contributed by atoms with E-state index in [0.29, 0.717) is 18.0 Å². The zero-order valence-electron chi connectivity index (χ0n) is 12.8. The highest BCUT2D eigenvalue weighted by Crippen LogP contribution is 2.25. The third-order valence-electron chi connectivity index (χ3n) is 4.69. The lowest BCUT2D eigenvalue weighted by Crippen LogP contribution is -2.41. The van der Waals surface area contributed by atoms with Crippen LogP contribution in [0.3, 0.4) is 0 Å². The molecule has 1 aromatic heterocycles. The first-order valence-corrected chi connectivity index (χ1v) is 8.96. The van der Waals surface area contributed by atoms with E-state index in [1.165, 1.54) is 37.7 Å². The van der Waals surface area contributed by atoms with Crippen molar-refractivity contribution >= 4 is 17.3 Å². The first kappa shape index (κ1) is 14.9. The lowest BCUT2D eigenvalue weighted by Gasteiger charge is -2.31. The quantitative estimate of drug-likeness (QED) is 0.663. The molecule has 0 aromatic carbocycles. The summed E-state index contributed by atoms with van der Waals surface area (Å²) in [4.78, 5) is 8.63. The van der Waals surface area contributed by atoms with E-state index in [4.69, 9.17) is 5.73 Å². The molecule has 1 unspecified atom stereocenters. The number of thiophene rings is 1. The fraction of sp³-hybridized carbons (Fsp3) is 0.688. The Balaban J connectivity index is 1.48. The molecule has 1 aliphatic carbocycles. The van der Waals surface area contributed by atoms with Gasteiger partial charge in [-0.3, -0.25) is 9.89 Å². The standard InChI is InChI=1S/C16H26N4S/c1-12(10-18-16(17)19-14-4-2-3-5-14)20-8-6-15-13(11-20)7-9-21-15/h7,9,12,14H,2-6,8,10-11H2,1H3,(H3,17,18,19). The van der Waals surface area contributed by atoms with Crippen molar-refractivity contribution in [2.24, 2.45) is 10.7 Å². The molecule has 2 heterocycles. The van der Waals surface area contributed by atoms with E-state index in [2.05, 4.69) is 33.6 Å². The van der Waals surface area contributed by atoms with Gasteiger partial charge in [0.05, 0.1) is 6.54 Å². The van der Waals surface area contributed by atoms with E-state index in [1.807, 2.05) is 11.3 Å². The molecule has 1 atom stereocenters. The summed E-state index contributed by atoms with van der Waals surface area (Å²) in [5.74, 6) is 0.627. The lowest BCUT2D eigenvalue weighted by atomic mass is 10.1. The van der Waals surface area contributed by atoms with E-state index in [1.54, 1.807) is 4.88 Å². The Labute approximate surface area is 131 Å². The molecule has 0 spiro atoms. The molecule has 0 saturated heterocycles. The van der Waals surface area contributed by atoms with Gasteiger partial charge in [0.15, 0.2) is 5.96 Å². The maximum atomic E-state index is 6.01. The Hall–Kier alpha value is -1.07. The first-order valence-electron chi connectivity index (χ1n) is 8.08. The molecule has 116 valence electrons. The molecule has 1 aromatic rings. The van der Waals surface area contributed by atoms with Crippen LogP contribution in [0.15, 0.2) is 16.4 Å². The second kappa shape index (κ2) is 6.79. The summed E-state index contributed by atoms with van der Waals surface area (Å²) in [6.07, 6.45) is 6.28. The monoisotopic (exact) mass is 306 g/mol. The number of guanidine groups is 1. The van der Waals surface area contributed by atoms with Gasteiger partial charge < -0.3 is 11.1 Å². The molecule has 5 heteroatoms. The van der Waals surface area contributed by atoms with Gasteiger partial charge in [0.2, 0.25) is 0 Å². The summed E-state index contributed by atoms with van der Waals surface area (Å²) in [5, 5.41) is 5.57. The molecule has 4 nitrogen and oxygen atoms in total. The van der Waals surface area contributed by atoms with Gasteiger partial charge in [0, 0.05) is 30.1 Å². The number of nitrogens with zero attached hydrogens (tertiary/aromatic N) is 2. The number of nitrogens with two attached hydrogens (primary N) is 1. The van der Waals surface area contributed by atoms with Crippen LogP contribution in [0.25, 0.3) is 0 Å². The Bertz CT molecular complexity index is 490. The van der Waals surface area contributed by atoms with Gasteiger partial charge >= 0.3 is 0 Å². The summed E-state index contributed by atoms with van der Waals surface area (Å²) in [6, 6.07) is 3.26. The molecule has 0 bridgehead atoms. The van der Waals surface area contributed by atoms with E-state index < -0.39 is 0 Å². The van der Waals surface area contributed by atoms with Gasteiger partial charge in [-0.15, -0.1) is 11.3 Å². The van der Waals surface area contributed by atoms with Crippen molar-refractivity contribution < 1.29 is 0 Å². The van der Waals surface area contributed by atoms with Crippen molar-refractivity contribution in [2.45, 2.75) is 57.7 Å². The minimum Gasteiger partial charge on any atom is -0.370 e. The average Bonchev–Trinajstić information content (AvgIpc) is 3.14. The molecular weight excluding hydrogens is 280 g/mol. The molecule has 0 amide bonds. The number of hydrogen-bond acceptors (Lipinski definition) is 3. The third-order valence-corrected chi connectivity index (χ3v) is 5.72. The van der Waals surface area contributed by atoms with E-state index >= 15 is 0 Å². The number of rotatable bonds is 4. The van der Waals surface area contributed by atoms with Crippen LogP contribution in [-0.2, 0) is 13.0 Å². The molecule has 2 aliphatic rings. The zero-order valence-corrected chi connectivity index (χ0v) is 13.7. The number of nitrogens with one attached hydrogen (secondary N) is 1. The highest BCUT2D eigenvalue weighted by atomic mass is 32.1. The minimum absolute atomic E-state index is 0.446. The van der Waals surface area contributed by atoms with E-state index in [9.17, 15) is 0 Å². The largest absolute Gasteiger partial charge is 0.370 e. The fourth-order valence-electron chi connectivity index (χ4n) is 3.32. The Morgan fingerprint density at radius 3 is 3.14 bits per heavy atom. The summed E-state index contributed by atoms with van der Waals surface area (Å²) in [7, 11) is 0. The van der Waals surface area contributed by atoms with Gasteiger partial charge in [-0.1, -0.05) is 12.8 Å². The van der Waals surface area contributed by atoms with Gasteiger partial charge in [0.1, 0.15) is 0 Å². The molecule has 3 N–H and O–H groups in total. The van der Waals surface area contributed by atoms with E-state index in [0.717, 1.165) is 19.6 Å². The van der Waals surface area contributed by atoms with Crippen molar-refractivity contribution in [3.8, 4) is 0 Å². The first-order chi connectivity index (χ1) is 10.2. The summed E-state index contributed by atoms with van der Waals surface area (Å²) < 4.78 is 0.